The van der Waals surface area contributed by atoms with Crippen LogP contribution < -0.4 is 16.0 Å². The molecule has 3 N–H and O–H groups in total. The Hall–Kier alpha value is -2.86. The third kappa shape index (κ3) is 5.60. The van der Waals surface area contributed by atoms with Crippen molar-refractivity contribution in [3.8, 4) is 0 Å². The first-order chi connectivity index (χ1) is 12.5. The summed E-state index contributed by atoms with van der Waals surface area (Å²) in [5.74, 6) is -0.320. The molecule has 2 aromatic rings. The van der Waals surface area contributed by atoms with E-state index >= 15 is 0 Å². The van der Waals surface area contributed by atoms with Gasteiger partial charge in [-0.3, -0.25) is 9.59 Å². The number of rotatable bonds is 8. The molecule has 6 nitrogen and oxygen atoms in total. The highest BCUT2D eigenvalue weighted by Crippen LogP contribution is 2.17. The highest BCUT2D eigenvalue weighted by Gasteiger charge is 2.07. The largest absolute Gasteiger partial charge is 0.383 e. The fourth-order valence-corrected chi connectivity index (χ4v) is 2.40. The Morgan fingerprint density at radius 1 is 1.04 bits per heavy atom. The summed E-state index contributed by atoms with van der Waals surface area (Å²) in [6.45, 7) is 5.15. The Bertz CT molecular complexity index is 757. The van der Waals surface area contributed by atoms with Crippen LogP contribution in [0.2, 0.25) is 0 Å². The van der Waals surface area contributed by atoms with Gasteiger partial charge in [-0.1, -0.05) is 12.1 Å². The van der Waals surface area contributed by atoms with Crippen molar-refractivity contribution in [1.29, 1.82) is 0 Å². The maximum Gasteiger partial charge on any atom is 0.251 e. The number of amides is 2. The van der Waals surface area contributed by atoms with Crippen LogP contribution in [0.4, 0.5) is 11.4 Å². The van der Waals surface area contributed by atoms with E-state index in [4.69, 9.17) is 4.74 Å². The molecule has 0 unspecified atom stereocenters. The molecule has 2 amide bonds. The second-order valence-corrected chi connectivity index (χ2v) is 5.98. The summed E-state index contributed by atoms with van der Waals surface area (Å²) in [5, 5.41) is 8.70. The number of hydrogen-bond donors (Lipinski definition) is 3. The summed E-state index contributed by atoms with van der Waals surface area (Å²) in [5.41, 5.74) is 4.43. The number of hydrogen-bond acceptors (Lipinski definition) is 4. The predicted molar refractivity (Wildman–Crippen MR) is 104 cm³/mol. The van der Waals surface area contributed by atoms with Gasteiger partial charge in [0.1, 0.15) is 0 Å². The second kappa shape index (κ2) is 9.58. The SMILES string of the molecule is COCCNC(=O)c1ccc(NC(=O)CNc2cccc(C)c2C)cc1. The average molecular weight is 355 g/mol. The third-order valence-corrected chi connectivity index (χ3v) is 4.07. The summed E-state index contributed by atoms with van der Waals surface area (Å²) in [7, 11) is 1.58. The fourth-order valence-electron chi connectivity index (χ4n) is 2.40. The Morgan fingerprint density at radius 3 is 2.46 bits per heavy atom. The number of benzene rings is 2. The standard InChI is InChI=1S/C20H25N3O3/c1-14-5-4-6-18(15(14)2)22-13-19(24)23-17-9-7-16(8-10-17)20(25)21-11-12-26-3/h4-10,22H,11-13H2,1-3H3,(H,21,25)(H,23,24). The van der Waals surface area contributed by atoms with E-state index in [1.807, 2.05) is 32.0 Å². The molecule has 2 aromatic carbocycles. The van der Waals surface area contributed by atoms with Crippen LogP contribution in [0.25, 0.3) is 0 Å². The minimum absolute atomic E-state index is 0.150. The van der Waals surface area contributed by atoms with Crippen molar-refractivity contribution < 1.29 is 14.3 Å². The van der Waals surface area contributed by atoms with E-state index in [1.165, 1.54) is 5.56 Å². The molecule has 0 saturated carbocycles. The summed E-state index contributed by atoms with van der Waals surface area (Å²) in [4.78, 5) is 24.0. The van der Waals surface area contributed by atoms with Gasteiger partial charge in [0.15, 0.2) is 0 Å². The van der Waals surface area contributed by atoms with Crippen molar-refractivity contribution >= 4 is 23.2 Å². The second-order valence-electron chi connectivity index (χ2n) is 5.98. The smallest absolute Gasteiger partial charge is 0.251 e. The van der Waals surface area contributed by atoms with E-state index in [-0.39, 0.29) is 18.4 Å². The van der Waals surface area contributed by atoms with Gasteiger partial charge in [0.25, 0.3) is 5.91 Å². The summed E-state index contributed by atoms with van der Waals surface area (Å²) >= 11 is 0. The predicted octanol–water partition coefficient (Wildman–Crippen LogP) is 2.73. The van der Waals surface area contributed by atoms with E-state index in [9.17, 15) is 9.59 Å². The number of nitrogens with one attached hydrogen (secondary N) is 3. The lowest BCUT2D eigenvalue weighted by molar-refractivity contribution is -0.114. The van der Waals surface area contributed by atoms with Gasteiger partial charge in [0.05, 0.1) is 13.2 Å². The number of carbonyl (C=O) groups is 2. The molecule has 0 heterocycles. The Kier molecular flexibility index (Phi) is 7.17. The van der Waals surface area contributed by atoms with Crippen molar-refractivity contribution in [2.45, 2.75) is 13.8 Å². The molecule has 0 spiro atoms. The Balaban J connectivity index is 1.85. The lowest BCUT2D eigenvalue weighted by Gasteiger charge is -2.12. The van der Waals surface area contributed by atoms with Crippen LogP contribution in [0.5, 0.6) is 0 Å². The van der Waals surface area contributed by atoms with Crippen molar-refractivity contribution in [3.05, 3.63) is 59.2 Å². The van der Waals surface area contributed by atoms with Crippen LogP contribution in [0.3, 0.4) is 0 Å². The molecule has 0 aliphatic heterocycles. The topological polar surface area (TPSA) is 79.5 Å². The van der Waals surface area contributed by atoms with Crippen molar-refractivity contribution in [1.82, 2.24) is 5.32 Å². The monoisotopic (exact) mass is 355 g/mol. The van der Waals surface area contributed by atoms with Crippen molar-refractivity contribution in [3.63, 3.8) is 0 Å². The molecule has 0 aliphatic rings. The molecule has 0 saturated heterocycles. The number of anilines is 2. The van der Waals surface area contributed by atoms with Crippen molar-refractivity contribution in [2.75, 3.05) is 37.4 Å². The van der Waals surface area contributed by atoms with Gasteiger partial charge in [-0.25, -0.2) is 0 Å². The number of aryl methyl sites for hydroxylation is 1. The van der Waals surface area contributed by atoms with Crippen LogP contribution in [-0.4, -0.2) is 38.6 Å². The van der Waals surface area contributed by atoms with Crippen LogP contribution in [0, 0.1) is 13.8 Å². The molecule has 6 heteroatoms. The van der Waals surface area contributed by atoms with E-state index in [2.05, 4.69) is 16.0 Å². The van der Waals surface area contributed by atoms with Crippen LogP contribution in [0.1, 0.15) is 21.5 Å². The molecule has 0 atom stereocenters. The lowest BCUT2D eigenvalue weighted by Crippen LogP contribution is -2.27. The maximum atomic E-state index is 12.1. The molecule has 0 aliphatic carbocycles. The third-order valence-electron chi connectivity index (χ3n) is 4.07. The zero-order valence-electron chi connectivity index (χ0n) is 15.4. The van der Waals surface area contributed by atoms with Crippen LogP contribution >= 0.6 is 0 Å². The molecular formula is C20H25N3O3. The number of carbonyl (C=O) groups excluding carboxylic acids is 2. The van der Waals surface area contributed by atoms with Gasteiger partial charge in [-0.15, -0.1) is 0 Å². The first-order valence-electron chi connectivity index (χ1n) is 8.48. The average Bonchev–Trinajstić information content (AvgIpc) is 2.63. The van der Waals surface area contributed by atoms with E-state index in [1.54, 1.807) is 31.4 Å². The minimum atomic E-state index is -0.170. The van der Waals surface area contributed by atoms with E-state index in [0.29, 0.717) is 24.4 Å². The van der Waals surface area contributed by atoms with Gasteiger partial charge in [-0.2, -0.15) is 0 Å². The quantitative estimate of drug-likeness (QED) is 0.636. The summed E-state index contributed by atoms with van der Waals surface area (Å²) in [6.07, 6.45) is 0. The van der Waals surface area contributed by atoms with Gasteiger partial charge in [0, 0.05) is 30.6 Å². The summed E-state index contributed by atoms with van der Waals surface area (Å²) in [6, 6.07) is 12.7. The van der Waals surface area contributed by atoms with Crippen LogP contribution in [0.15, 0.2) is 42.5 Å². The first kappa shape index (κ1) is 19.5. The molecule has 0 radical (unpaired) electrons. The highest BCUT2D eigenvalue weighted by molar-refractivity contribution is 5.96. The number of ether oxygens (including phenoxy) is 1. The fraction of sp³-hybridized carbons (Fsp3) is 0.300. The van der Waals surface area contributed by atoms with Gasteiger partial charge in [-0.05, 0) is 55.3 Å². The zero-order valence-corrected chi connectivity index (χ0v) is 15.4. The van der Waals surface area contributed by atoms with E-state index in [0.717, 1.165) is 11.3 Å². The van der Waals surface area contributed by atoms with Gasteiger partial charge < -0.3 is 20.7 Å². The molecule has 0 aromatic heterocycles. The molecule has 2 rings (SSSR count). The molecular weight excluding hydrogens is 330 g/mol. The maximum absolute atomic E-state index is 12.1. The Morgan fingerprint density at radius 2 is 1.77 bits per heavy atom. The van der Waals surface area contributed by atoms with Crippen molar-refractivity contribution in [2.24, 2.45) is 0 Å². The molecule has 0 fully saturated rings. The molecule has 26 heavy (non-hydrogen) atoms. The van der Waals surface area contributed by atoms with Gasteiger partial charge >= 0.3 is 0 Å². The van der Waals surface area contributed by atoms with Crippen LogP contribution in [-0.2, 0) is 9.53 Å². The Labute approximate surface area is 153 Å². The summed E-state index contributed by atoms with van der Waals surface area (Å²) < 4.78 is 4.89. The molecule has 138 valence electrons. The molecule has 0 bridgehead atoms. The van der Waals surface area contributed by atoms with Gasteiger partial charge in [0.2, 0.25) is 5.91 Å². The number of methoxy groups -OCH3 is 1. The first-order valence-corrected chi connectivity index (χ1v) is 8.48. The van der Waals surface area contributed by atoms with E-state index < -0.39 is 0 Å². The zero-order chi connectivity index (χ0) is 18.9. The normalized spacial score (nSPS) is 10.3. The lowest BCUT2D eigenvalue weighted by atomic mass is 10.1. The highest BCUT2D eigenvalue weighted by atomic mass is 16.5. The minimum Gasteiger partial charge on any atom is -0.383 e.